The predicted octanol–water partition coefficient (Wildman–Crippen LogP) is 1.06. The monoisotopic (exact) mass is 296 g/mol. The van der Waals surface area contributed by atoms with Crippen molar-refractivity contribution in [3.63, 3.8) is 0 Å². The minimum Gasteiger partial charge on any atom is -0.397 e. The molecule has 0 radical (unpaired) electrons. The number of nitrogens with one attached hydrogen (secondary N) is 1. The molecule has 0 saturated carbocycles. The van der Waals surface area contributed by atoms with Gasteiger partial charge in [-0.2, -0.15) is 0 Å². The number of amides is 2. The molecule has 2 amide bonds. The lowest BCUT2D eigenvalue weighted by Crippen LogP contribution is -2.46. The zero-order valence-electron chi connectivity index (χ0n) is 11.2. The summed E-state index contributed by atoms with van der Waals surface area (Å²) in [5, 5.41) is 3.03. The summed E-state index contributed by atoms with van der Waals surface area (Å²) >= 11 is 5.94. The van der Waals surface area contributed by atoms with E-state index in [-0.39, 0.29) is 23.0 Å². The number of nitrogen functional groups attached to an aromatic ring is 1. The Balaban J connectivity index is 2.01. The average molecular weight is 297 g/mol. The Kier molecular flexibility index (Phi) is 4.44. The van der Waals surface area contributed by atoms with Gasteiger partial charge in [-0.3, -0.25) is 9.59 Å². The fourth-order valence-corrected chi connectivity index (χ4v) is 2.48. The van der Waals surface area contributed by atoms with Crippen LogP contribution in [0.5, 0.6) is 0 Å². The molecular formula is C13H17ClN4O2. The fraction of sp³-hybridized carbons (Fsp3) is 0.462. The highest BCUT2D eigenvalue weighted by Gasteiger charge is 2.25. The summed E-state index contributed by atoms with van der Waals surface area (Å²) in [6.07, 6.45) is 2.89. The van der Waals surface area contributed by atoms with Gasteiger partial charge in [0.2, 0.25) is 5.91 Å². The SMILES string of the molecule is CC(=O)NC1CCN(C(=O)c2cc(N)cnc2Cl)CC1. The van der Waals surface area contributed by atoms with Gasteiger partial charge in [0.1, 0.15) is 5.15 Å². The van der Waals surface area contributed by atoms with E-state index in [0.717, 1.165) is 12.8 Å². The van der Waals surface area contributed by atoms with Crippen LogP contribution in [-0.4, -0.2) is 40.8 Å². The van der Waals surface area contributed by atoms with Gasteiger partial charge in [-0.05, 0) is 18.9 Å². The largest absolute Gasteiger partial charge is 0.397 e. The highest BCUT2D eigenvalue weighted by Crippen LogP contribution is 2.20. The highest BCUT2D eigenvalue weighted by atomic mass is 35.5. The standard InChI is InChI=1S/C13H17ClN4O2/c1-8(19)17-10-2-4-18(5-3-10)13(20)11-6-9(15)7-16-12(11)14/h6-7,10H,2-5,15H2,1H3,(H,17,19). The van der Waals surface area contributed by atoms with Gasteiger partial charge in [0, 0.05) is 26.1 Å². The Hall–Kier alpha value is -1.82. The van der Waals surface area contributed by atoms with E-state index in [1.807, 2.05) is 0 Å². The summed E-state index contributed by atoms with van der Waals surface area (Å²) in [5.74, 6) is -0.214. The van der Waals surface area contributed by atoms with Crippen LogP contribution in [0, 0.1) is 0 Å². The quantitative estimate of drug-likeness (QED) is 0.799. The maximum absolute atomic E-state index is 12.4. The number of rotatable bonds is 2. The Labute approximate surface area is 122 Å². The van der Waals surface area contributed by atoms with Crippen LogP contribution in [0.25, 0.3) is 0 Å². The number of nitrogens with two attached hydrogens (primary N) is 1. The summed E-state index contributed by atoms with van der Waals surface area (Å²) in [7, 11) is 0. The molecule has 2 heterocycles. The molecule has 0 aromatic carbocycles. The molecule has 1 fully saturated rings. The molecule has 6 nitrogen and oxygen atoms in total. The van der Waals surface area contributed by atoms with Gasteiger partial charge in [-0.1, -0.05) is 11.6 Å². The summed E-state index contributed by atoms with van der Waals surface area (Å²) < 4.78 is 0. The first-order valence-electron chi connectivity index (χ1n) is 6.44. The second kappa shape index (κ2) is 6.09. The normalized spacial score (nSPS) is 16.0. The van der Waals surface area contributed by atoms with Gasteiger partial charge < -0.3 is 16.0 Å². The Morgan fingerprint density at radius 2 is 2.10 bits per heavy atom. The van der Waals surface area contributed by atoms with E-state index < -0.39 is 0 Å². The Morgan fingerprint density at radius 3 is 2.70 bits per heavy atom. The van der Waals surface area contributed by atoms with Crippen molar-refractivity contribution in [2.24, 2.45) is 0 Å². The third kappa shape index (κ3) is 3.39. The van der Waals surface area contributed by atoms with Crippen molar-refractivity contribution in [2.75, 3.05) is 18.8 Å². The molecule has 7 heteroatoms. The van der Waals surface area contributed by atoms with Crippen molar-refractivity contribution in [1.82, 2.24) is 15.2 Å². The number of halogens is 1. The first-order chi connectivity index (χ1) is 9.47. The second-order valence-corrected chi connectivity index (χ2v) is 5.23. The molecule has 0 atom stereocenters. The van der Waals surface area contributed by atoms with Crippen molar-refractivity contribution in [2.45, 2.75) is 25.8 Å². The van der Waals surface area contributed by atoms with Crippen LogP contribution in [0.2, 0.25) is 5.15 Å². The number of carbonyl (C=O) groups excluding carboxylic acids is 2. The third-order valence-corrected chi connectivity index (χ3v) is 3.58. The van der Waals surface area contributed by atoms with Crippen LogP contribution in [0.1, 0.15) is 30.1 Å². The van der Waals surface area contributed by atoms with E-state index in [4.69, 9.17) is 17.3 Å². The number of pyridine rings is 1. The van der Waals surface area contributed by atoms with Crippen molar-refractivity contribution < 1.29 is 9.59 Å². The summed E-state index contributed by atoms with van der Waals surface area (Å²) in [6, 6.07) is 1.67. The first-order valence-corrected chi connectivity index (χ1v) is 6.82. The van der Waals surface area contributed by atoms with Crippen LogP contribution in [0.4, 0.5) is 5.69 Å². The van der Waals surface area contributed by atoms with Gasteiger partial charge in [-0.25, -0.2) is 4.98 Å². The average Bonchev–Trinajstić information content (AvgIpc) is 2.41. The van der Waals surface area contributed by atoms with E-state index in [0.29, 0.717) is 24.3 Å². The fourth-order valence-electron chi connectivity index (χ4n) is 2.30. The van der Waals surface area contributed by atoms with E-state index in [9.17, 15) is 9.59 Å². The van der Waals surface area contributed by atoms with Crippen LogP contribution >= 0.6 is 11.6 Å². The molecule has 3 N–H and O–H groups in total. The van der Waals surface area contributed by atoms with E-state index in [2.05, 4.69) is 10.3 Å². The molecule has 108 valence electrons. The molecule has 1 aromatic rings. The molecule has 1 saturated heterocycles. The summed E-state index contributed by atoms with van der Waals surface area (Å²) in [5.41, 5.74) is 6.36. The molecular weight excluding hydrogens is 280 g/mol. The van der Waals surface area contributed by atoms with Gasteiger partial charge >= 0.3 is 0 Å². The van der Waals surface area contributed by atoms with Crippen LogP contribution in [0.3, 0.4) is 0 Å². The molecule has 0 aliphatic carbocycles. The van der Waals surface area contributed by atoms with Crippen molar-refractivity contribution in [1.29, 1.82) is 0 Å². The van der Waals surface area contributed by atoms with Gasteiger partial charge in [0.15, 0.2) is 0 Å². The smallest absolute Gasteiger partial charge is 0.257 e. The number of anilines is 1. The molecule has 0 spiro atoms. The Morgan fingerprint density at radius 1 is 1.45 bits per heavy atom. The third-order valence-electron chi connectivity index (χ3n) is 3.28. The second-order valence-electron chi connectivity index (χ2n) is 4.87. The van der Waals surface area contributed by atoms with E-state index >= 15 is 0 Å². The molecule has 1 aliphatic heterocycles. The van der Waals surface area contributed by atoms with Crippen LogP contribution in [-0.2, 0) is 4.79 Å². The van der Waals surface area contributed by atoms with Crippen LogP contribution in [0.15, 0.2) is 12.3 Å². The van der Waals surface area contributed by atoms with Gasteiger partial charge in [0.25, 0.3) is 5.91 Å². The topological polar surface area (TPSA) is 88.3 Å². The zero-order valence-corrected chi connectivity index (χ0v) is 12.0. The van der Waals surface area contributed by atoms with Crippen LogP contribution < -0.4 is 11.1 Å². The molecule has 1 aliphatic rings. The lowest BCUT2D eigenvalue weighted by atomic mass is 10.0. The number of hydrogen-bond donors (Lipinski definition) is 2. The number of nitrogens with zero attached hydrogens (tertiary/aromatic N) is 2. The van der Waals surface area contributed by atoms with Crippen molar-refractivity contribution in [3.05, 3.63) is 23.0 Å². The minimum absolute atomic E-state index is 0.0437. The zero-order chi connectivity index (χ0) is 14.7. The van der Waals surface area contributed by atoms with Crippen molar-refractivity contribution >= 4 is 29.1 Å². The summed E-state index contributed by atoms with van der Waals surface area (Å²) in [6.45, 7) is 2.65. The number of hydrogen-bond acceptors (Lipinski definition) is 4. The van der Waals surface area contributed by atoms with E-state index in [1.165, 1.54) is 19.2 Å². The number of aromatic nitrogens is 1. The summed E-state index contributed by atoms with van der Waals surface area (Å²) in [4.78, 5) is 29.0. The molecule has 20 heavy (non-hydrogen) atoms. The molecule has 0 unspecified atom stereocenters. The molecule has 0 bridgehead atoms. The van der Waals surface area contributed by atoms with Gasteiger partial charge in [-0.15, -0.1) is 0 Å². The Bertz CT molecular complexity index is 527. The lowest BCUT2D eigenvalue weighted by molar-refractivity contribution is -0.119. The van der Waals surface area contributed by atoms with Crippen molar-refractivity contribution in [3.8, 4) is 0 Å². The molecule has 2 rings (SSSR count). The number of likely N-dealkylation sites (tertiary alicyclic amines) is 1. The number of piperidine rings is 1. The maximum atomic E-state index is 12.4. The predicted molar refractivity (Wildman–Crippen MR) is 76.4 cm³/mol. The minimum atomic E-state index is -0.170. The first kappa shape index (κ1) is 14.6. The maximum Gasteiger partial charge on any atom is 0.257 e. The molecule has 1 aromatic heterocycles. The van der Waals surface area contributed by atoms with Gasteiger partial charge in [0.05, 0.1) is 17.4 Å². The number of carbonyl (C=O) groups is 2. The highest BCUT2D eigenvalue weighted by molar-refractivity contribution is 6.32. The van der Waals surface area contributed by atoms with E-state index in [1.54, 1.807) is 4.90 Å². The lowest BCUT2D eigenvalue weighted by Gasteiger charge is -2.32.